The van der Waals surface area contributed by atoms with Crippen molar-refractivity contribution in [3.05, 3.63) is 0 Å². The molecular formula is C16H29N5O2. The fourth-order valence-corrected chi connectivity index (χ4v) is 3.95. The van der Waals surface area contributed by atoms with Crippen molar-refractivity contribution in [2.24, 2.45) is 0 Å². The lowest BCUT2D eigenvalue weighted by atomic mass is 10.2. The molecule has 130 valence electrons. The number of carbonyl (C=O) groups is 2. The Morgan fingerprint density at radius 1 is 0.696 bits per heavy atom. The van der Waals surface area contributed by atoms with Gasteiger partial charge in [0, 0.05) is 39.3 Å². The van der Waals surface area contributed by atoms with Crippen molar-refractivity contribution in [1.29, 1.82) is 0 Å². The van der Waals surface area contributed by atoms with Gasteiger partial charge in [-0.05, 0) is 38.8 Å². The number of nitrogens with zero attached hydrogens (tertiary/aromatic N) is 2. The second-order valence-electron chi connectivity index (χ2n) is 6.72. The molecule has 3 saturated heterocycles. The Bertz CT molecular complexity index is 393. The van der Waals surface area contributed by atoms with Crippen LogP contribution < -0.4 is 16.0 Å². The first-order valence-electron chi connectivity index (χ1n) is 9.00. The van der Waals surface area contributed by atoms with Crippen LogP contribution in [0.15, 0.2) is 0 Å². The van der Waals surface area contributed by atoms with Crippen LogP contribution in [0.4, 0.5) is 0 Å². The number of amides is 2. The molecule has 0 saturated carbocycles. The van der Waals surface area contributed by atoms with E-state index in [4.69, 9.17) is 0 Å². The summed E-state index contributed by atoms with van der Waals surface area (Å²) in [5.74, 6) is 0.317. The number of carbonyl (C=O) groups excluding carboxylic acids is 2. The fraction of sp³-hybridized carbons (Fsp3) is 0.875. The minimum Gasteiger partial charge on any atom is -0.353 e. The Kier molecular flexibility index (Phi) is 5.85. The zero-order valence-corrected chi connectivity index (χ0v) is 13.9. The minimum absolute atomic E-state index is 0.00927. The first-order valence-corrected chi connectivity index (χ1v) is 9.00. The van der Waals surface area contributed by atoms with Gasteiger partial charge in [0.1, 0.15) is 0 Å². The average Bonchev–Trinajstić information content (AvgIpc) is 3.19. The maximum absolute atomic E-state index is 12.4. The van der Waals surface area contributed by atoms with Gasteiger partial charge in [-0.15, -0.1) is 0 Å². The summed E-state index contributed by atoms with van der Waals surface area (Å²) in [5.41, 5.74) is 0. The zero-order valence-electron chi connectivity index (χ0n) is 13.9. The quantitative estimate of drug-likeness (QED) is 0.519. The Balaban J connectivity index is 1.64. The molecule has 7 nitrogen and oxygen atoms in total. The van der Waals surface area contributed by atoms with E-state index < -0.39 is 0 Å². The summed E-state index contributed by atoms with van der Waals surface area (Å²) in [6, 6.07) is 0.0185. The lowest BCUT2D eigenvalue weighted by Crippen LogP contribution is -2.49. The van der Waals surface area contributed by atoms with Crippen molar-refractivity contribution in [3.63, 3.8) is 0 Å². The summed E-state index contributed by atoms with van der Waals surface area (Å²) in [4.78, 5) is 29.3. The maximum atomic E-state index is 12.4. The van der Waals surface area contributed by atoms with Gasteiger partial charge in [-0.3, -0.25) is 19.4 Å². The molecular weight excluding hydrogens is 294 g/mol. The lowest BCUT2D eigenvalue weighted by Gasteiger charge is -2.28. The molecule has 0 aromatic heterocycles. The normalized spacial score (nSPS) is 32.3. The summed E-state index contributed by atoms with van der Waals surface area (Å²) < 4.78 is 0. The van der Waals surface area contributed by atoms with Crippen LogP contribution in [0, 0.1) is 0 Å². The molecule has 0 spiro atoms. The molecule has 3 rings (SSSR count). The van der Waals surface area contributed by atoms with Crippen LogP contribution in [0.2, 0.25) is 0 Å². The van der Waals surface area contributed by atoms with Crippen molar-refractivity contribution in [1.82, 2.24) is 25.8 Å². The second kappa shape index (κ2) is 8.08. The van der Waals surface area contributed by atoms with Crippen LogP contribution in [0.25, 0.3) is 0 Å². The molecule has 3 N–H and O–H groups in total. The summed E-state index contributed by atoms with van der Waals surface area (Å²) >= 11 is 0. The van der Waals surface area contributed by atoms with Crippen LogP contribution in [-0.2, 0) is 9.59 Å². The van der Waals surface area contributed by atoms with Crippen molar-refractivity contribution < 1.29 is 9.59 Å². The van der Waals surface area contributed by atoms with Gasteiger partial charge in [0.05, 0.1) is 12.1 Å². The van der Waals surface area contributed by atoms with Gasteiger partial charge < -0.3 is 16.0 Å². The number of hydrogen-bond donors (Lipinski definition) is 3. The zero-order chi connectivity index (χ0) is 16.1. The van der Waals surface area contributed by atoms with E-state index in [1.807, 2.05) is 0 Å². The van der Waals surface area contributed by atoms with E-state index in [1.54, 1.807) is 0 Å². The van der Waals surface area contributed by atoms with Gasteiger partial charge >= 0.3 is 0 Å². The molecule has 2 atom stereocenters. The molecule has 0 bridgehead atoms. The second-order valence-corrected chi connectivity index (χ2v) is 6.72. The third-order valence-electron chi connectivity index (χ3n) is 5.21. The standard InChI is InChI=1S/C16H29N5O2/c22-15-13-3-1-9-20(13)11-12-21-10-2-4-14(21)16(23)19-8-6-17-5-7-18-15/h13-14,17H,1-12H2,(H,18,22)(H,19,23). The maximum Gasteiger partial charge on any atom is 0.237 e. The van der Waals surface area contributed by atoms with Gasteiger partial charge in [-0.25, -0.2) is 0 Å². The molecule has 2 amide bonds. The molecule has 0 radical (unpaired) electrons. The SMILES string of the molecule is O=C1NCCNCCNC(=O)C2CCCN2CCN2CCCC12. The number of nitrogens with one attached hydrogen (secondary N) is 3. The largest absolute Gasteiger partial charge is 0.353 e. The number of hydrogen-bond acceptors (Lipinski definition) is 5. The first kappa shape index (κ1) is 16.7. The van der Waals surface area contributed by atoms with E-state index in [1.165, 1.54) is 0 Å². The van der Waals surface area contributed by atoms with Crippen molar-refractivity contribution >= 4 is 11.8 Å². The minimum atomic E-state index is 0.00927. The lowest BCUT2D eigenvalue weighted by molar-refractivity contribution is -0.127. The molecule has 0 aromatic rings. The van der Waals surface area contributed by atoms with E-state index in [0.29, 0.717) is 13.1 Å². The molecule has 0 aliphatic carbocycles. The Hall–Kier alpha value is -1.18. The molecule has 3 heterocycles. The highest BCUT2D eigenvalue weighted by atomic mass is 16.2. The van der Waals surface area contributed by atoms with Crippen LogP contribution >= 0.6 is 0 Å². The van der Waals surface area contributed by atoms with Gasteiger partial charge in [0.15, 0.2) is 0 Å². The van der Waals surface area contributed by atoms with Crippen LogP contribution in [0.3, 0.4) is 0 Å². The van der Waals surface area contributed by atoms with Gasteiger partial charge in [-0.2, -0.15) is 0 Å². The first-order chi connectivity index (χ1) is 11.3. The fourth-order valence-electron chi connectivity index (χ4n) is 3.95. The highest BCUT2D eigenvalue weighted by Gasteiger charge is 2.34. The van der Waals surface area contributed by atoms with Crippen molar-refractivity contribution in [3.8, 4) is 0 Å². The molecule has 3 fully saturated rings. The smallest absolute Gasteiger partial charge is 0.237 e. The van der Waals surface area contributed by atoms with Crippen LogP contribution in [0.1, 0.15) is 25.7 Å². The third-order valence-corrected chi connectivity index (χ3v) is 5.21. The Morgan fingerprint density at radius 3 is 1.65 bits per heavy atom. The topological polar surface area (TPSA) is 76.7 Å². The van der Waals surface area contributed by atoms with Crippen LogP contribution in [-0.4, -0.2) is 86.1 Å². The van der Waals surface area contributed by atoms with Crippen molar-refractivity contribution in [2.75, 3.05) is 52.4 Å². The molecule has 0 aromatic carbocycles. The Morgan fingerprint density at radius 2 is 1.17 bits per heavy atom. The molecule has 7 heteroatoms. The number of fused-ring (bicyclic) bond motifs is 2. The van der Waals surface area contributed by atoms with E-state index in [-0.39, 0.29) is 23.9 Å². The van der Waals surface area contributed by atoms with Crippen molar-refractivity contribution in [2.45, 2.75) is 37.8 Å². The summed E-state index contributed by atoms with van der Waals surface area (Å²) in [6.45, 7) is 6.49. The van der Waals surface area contributed by atoms with E-state index in [0.717, 1.165) is 65.0 Å². The summed E-state index contributed by atoms with van der Waals surface area (Å²) in [6.07, 6.45) is 4.06. The highest BCUT2D eigenvalue weighted by molar-refractivity contribution is 5.82. The summed E-state index contributed by atoms with van der Waals surface area (Å²) in [5, 5.41) is 9.33. The van der Waals surface area contributed by atoms with E-state index in [9.17, 15) is 9.59 Å². The summed E-state index contributed by atoms with van der Waals surface area (Å²) in [7, 11) is 0. The Labute approximate surface area is 138 Å². The molecule has 23 heavy (non-hydrogen) atoms. The van der Waals surface area contributed by atoms with E-state index >= 15 is 0 Å². The highest BCUT2D eigenvalue weighted by Crippen LogP contribution is 2.20. The van der Waals surface area contributed by atoms with Crippen LogP contribution in [0.5, 0.6) is 0 Å². The number of rotatable bonds is 0. The molecule has 2 unspecified atom stereocenters. The average molecular weight is 323 g/mol. The van der Waals surface area contributed by atoms with E-state index in [2.05, 4.69) is 25.8 Å². The molecule has 3 aliphatic heterocycles. The van der Waals surface area contributed by atoms with Gasteiger partial charge in [-0.1, -0.05) is 0 Å². The van der Waals surface area contributed by atoms with Gasteiger partial charge in [0.25, 0.3) is 0 Å². The molecule has 3 aliphatic rings. The monoisotopic (exact) mass is 323 g/mol. The van der Waals surface area contributed by atoms with Gasteiger partial charge in [0.2, 0.25) is 11.8 Å². The predicted molar refractivity (Wildman–Crippen MR) is 88.1 cm³/mol. The predicted octanol–water partition coefficient (Wildman–Crippen LogP) is -1.25. The third kappa shape index (κ3) is 4.22.